The molecule has 0 N–H and O–H groups in total. The third-order valence-electron chi connectivity index (χ3n) is 12.6. The van der Waals surface area contributed by atoms with Gasteiger partial charge in [-0.2, -0.15) is 0 Å². The minimum atomic E-state index is 0.860. The van der Waals surface area contributed by atoms with Gasteiger partial charge in [0, 0.05) is 54.1 Å². The van der Waals surface area contributed by atoms with Gasteiger partial charge in [-0.15, -0.1) is 11.3 Å². The zero-order valence-electron chi connectivity index (χ0n) is 33.5. The first-order chi connectivity index (χ1) is 30.8. The third kappa shape index (κ3) is 5.24. The van der Waals surface area contributed by atoms with Crippen molar-refractivity contribution in [3.05, 3.63) is 218 Å². The van der Waals surface area contributed by atoms with Crippen molar-refractivity contribution in [2.24, 2.45) is 0 Å². The number of nitrogens with zero attached hydrogens (tertiary/aromatic N) is 2. The Morgan fingerprint density at radius 2 is 1.08 bits per heavy atom. The van der Waals surface area contributed by atoms with Gasteiger partial charge in [-0.25, -0.2) is 0 Å². The second kappa shape index (κ2) is 13.8. The lowest BCUT2D eigenvalue weighted by Crippen LogP contribution is -2.10. The summed E-state index contributed by atoms with van der Waals surface area (Å²) in [5, 5.41) is 9.60. The summed E-state index contributed by atoms with van der Waals surface area (Å²) in [6.07, 6.45) is 0. The topological polar surface area (TPSA) is 21.3 Å². The summed E-state index contributed by atoms with van der Waals surface area (Å²) >= 11 is 1.85. The minimum Gasteiger partial charge on any atom is -0.455 e. The van der Waals surface area contributed by atoms with Gasteiger partial charge in [-0.1, -0.05) is 158 Å². The number of aromatic nitrogens is 1. The molecule has 0 fully saturated rings. The van der Waals surface area contributed by atoms with Crippen molar-refractivity contribution in [1.82, 2.24) is 4.57 Å². The molecule has 13 aromatic rings. The number of hydrogen-bond donors (Lipinski definition) is 0. The number of thiophene rings is 1. The molecular formula is C58H36N2OS. The summed E-state index contributed by atoms with van der Waals surface area (Å²) in [6.45, 7) is 0. The Morgan fingerprint density at radius 3 is 1.97 bits per heavy atom. The molecule has 3 nitrogen and oxygen atoms in total. The summed E-state index contributed by atoms with van der Waals surface area (Å²) in [6, 6.07) is 79.0. The van der Waals surface area contributed by atoms with Crippen molar-refractivity contribution >= 4 is 103 Å². The van der Waals surface area contributed by atoms with E-state index in [-0.39, 0.29) is 0 Å². The third-order valence-corrected chi connectivity index (χ3v) is 13.8. The monoisotopic (exact) mass is 808 g/mol. The van der Waals surface area contributed by atoms with Crippen LogP contribution < -0.4 is 4.90 Å². The van der Waals surface area contributed by atoms with Crippen LogP contribution in [0, 0.1) is 0 Å². The number of anilines is 3. The van der Waals surface area contributed by atoms with Crippen LogP contribution in [0.15, 0.2) is 223 Å². The molecule has 3 heterocycles. The number of furan rings is 1. The first kappa shape index (κ1) is 34.9. The Bertz CT molecular complexity index is 3870. The Labute approximate surface area is 361 Å². The first-order valence-electron chi connectivity index (χ1n) is 21.1. The van der Waals surface area contributed by atoms with Crippen LogP contribution in [0.4, 0.5) is 17.1 Å². The zero-order valence-corrected chi connectivity index (χ0v) is 34.3. The highest BCUT2D eigenvalue weighted by Gasteiger charge is 2.26. The SMILES string of the molecule is c1ccc(-n2c3ccccc3c3cccc(-c4ccc(N(c5ccc(-c6cccc7ccccc67)cc5)c5cccc6c5sc5ccccc56)c5c4oc4ccccc45)c32)cc1. The molecular weight excluding hydrogens is 773 g/mol. The first-order valence-corrected chi connectivity index (χ1v) is 21.9. The molecule has 4 heteroatoms. The Balaban J connectivity index is 1.09. The molecule has 10 aromatic carbocycles. The van der Waals surface area contributed by atoms with Gasteiger partial charge < -0.3 is 13.9 Å². The van der Waals surface area contributed by atoms with Gasteiger partial charge in [-0.05, 0) is 82.6 Å². The summed E-state index contributed by atoms with van der Waals surface area (Å²) < 4.78 is 12.0. The van der Waals surface area contributed by atoms with E-state index in [4.69, 9.17) is 4.42 Å². The van der Waals surface area contributed by atoms with Gasteiger partial charge in [0.2, 0.25) is 0 Å². The molecule has 0 unspecified atom stereocenters. The van der Waals surface area contributed by atoms with Crippen LogP contribution in [0.2, 0.25) is 0 Å². The van der Waals surface area contributed by atoms with Crippen molar-refractivity contribution in [3.8, 4) is 27.9 Å². The average molecular weight is 809 g/mol. The molecule has 0 saturated carbocycles. The van der Waals surface area contributed by atoms with Crippen LogP contribution >= 0.6 is 11.3 Å². The Morgan fingerprint density at radius 1 is 0.419 bits per heavy atom. The predicted octanol–water partition coefficient (Wildman–Crippen LogP) is 17.0. The van der Waals surface area contributed by atoms with Crippen LogP contribution in [0.1, 0.15) is 0 Å². The minimum absolute atomic E-state index is 0.860. The fraction of sp³-hybridized carbons (Fsp3) is 0. The number of rotatable bonds is 6. The van der Waals surface area contributed by atoms with E-state index in [9.17, 15) is 0 Å². The fourth-order valence-corrected chi connectivity index (χ4v) is 11.1. The normalized spacial score (nSPS) is 11.9. The van der Waals surface area contributed by atoms with E-state index in [1.54, 1.807) is 0 Å². The largest absolute Gasteiger partial charge is 0.455 e. The molecule has 0 amide bonds. The molecule has 3 aromatic heterocycles. The Hall–Kier alpha value is -7.92. The highest BCUT2D eigenvalue weighted by Crippen LogP contribution is 2.51. The van der Waals surface area contributed by atoms with Gasteiger partial charge in [0.15, 0.2) is 0 Å². The molecule has 290 valence electrons. The van der Waals surface area contributed by atoms with E-state index in [1.165, 1.54) is 58.4 Å². The van der Waals surface area contributed by atoms with Gasteiger partial charge in [0.1, 0.15) is 11.2 Å². The summed E-state index contributed by atoms with van der Waals surface area (Å²) in [7, 11) is 0. The van der Waals surface area contributed by atoms with E-state index in [0.29, 0.717) is 0 Å². The van der Waals surface area contributed by atoms with E-state index < -0.39 is 0 Å². The van der Waals surface area contributed by atoms with Gasteiger partial charge in [-0.3, -0.25) is 0 Å². The van der Waals surface area contributed by atoms with E-state index >= 15 is 0 Å². The lowest BCUT2D eigenvalue weighted by Gasteiger charge is -2.27. The van der Waals surface area contributed by atoms with Crippen LogP contribution in [0.5, 0.6) is 0 Å². The van der Waals surface area contributed by atoms with Gasteiger partial charge in [0.05, 0.1) is 32.5 Å². The fourth-order valence-electron chi connectivity index (χ4n) is 9.87. The predicted molar refractivity (Wildman–Crippen MR) is 264 cm³/mol. The summed E-state index contributed by atoms with van der Waals surface area (Å²) in [5.41, 5.74) is 13.0. The van der Waals surface area contributed by atoms with Crippen molar-refractivity contribution in [1.29, 1.82) is 0 Å². The summed E-state index contributed by atoms with van der Waals surface area (Å²) in [4.78, 5) is 2.46. The molecule has 0 aliphatic carbocycles. The zero-order chi connectivity index (χ0) is 40.7. The van der Waals surface area contributed by atoms with E-state index in [2.05, 4.69) is 228 Å². The number of benzene rings is 10. The number of hydrogen-bond acceptors (Lipinski definition) is 3. The highest BCUT2D eigenvalue weighted by atomic mass is 32.1. The number of fused-ring (bicyclic) bond motifs is 10. The van der Waals surface area contributed by atoms with Gasteiger partial charge >= 0.3 is 0 Å². The van der Waals surface area contributed by atoms with Crippen molar-refractivity contribution < 1.29 is 4.42 Å². The molecule has 0 atom stereocenters. The van der Waals surface area contributed by atoms with E-state index in [1.807, 2.05) is 11.3 Å². The highest BCUT2D eigenvalue weighted by molar-refractivity contribution is 7.26. The molecule has 0 bridgehead atoms. The quantitative estimate of drug-likeness (QED) is 0.167. The van der Waals surface area contributed by atoms with Crippen molar-refractivity contribution in [2.45, 2.75) is 0 Å². The lowest BCUT2D eigenvalue weighted by molar-refractivity contribution is 0.670. The van der Waals surface area contributed by atoms with Crippen LogP contribution in [0.3, 0.4) is 0 Å². The second-order valence-corrected chi connectivity index (χ2v) is 17.0. The maximum atomic E-state index is 7.09. The molecule has 0 saturated heterocycles. The maximum absolute atomic E-state index is 7.09. The molecule has 0 radical (unpaired) electrons. The average Bonchev–Trinajstić information content (AvgIpc) is 4.03. The van der Waals surface area contributed by atoms with Crippen molar-refractivity contribution in [2.75, 3.05) is 4.90 Å². The number of para-hydroxylation sites is 4. The molecule has 0 spiro atoms. The van der Waals surface area contributed by atoms with Gasteiger partial charge in [0.25, 0.3) is 0 Å². The van der Waals surface area contributed by atoms with E-state index in [0.717, 1.165) is 61.3 Å². The standard InChI is InChI=1S/C58H36N2OS/c1-2-17-39(18-3-1)60-50-27-9-6-20-43(50)45-24-13-25-46(56(45)60)47-35-36-51(55-49-22-7-10-29-53(49)61-57(47)55)59(52-28-14-26-48-44-21-8-11-30-54(44)62-58(48)52)40-33-31-38(32-34-40)42-23-12-16-37-15-4-5-19-41(37)42/h1-36H. The van der Waals surface area contributed by atoms with Crippen LogP contribution in [0.25, 0.3) is 103 Å². The summed E-state index contributed by atoms with van der Waals surface area (Å²) in [5.74, 6) is 0. The van der Waals surface area contributed by atoms with Crippen LogP contribution in [-0.2, 0) is 0 Å². The lowest BCUT2D eigenvalue weighted by atomic mass is 9.97. The molecule has 13 rings (SSSR count). The Kier molecular flexibility index (Phi) is 7.78. The smallest absolute Gasteiger partial charge is 0.145 e. The molecule has 0 aliphatic rings. The second-order valence-electron chi connectivity index (χ2n) is 16.0. The van der Waals surface area contributed by atoms with Crippen LogP contribution in [-0.4, -0.2) is 4.57 Å². The van der Waals surface area contributed by atoms with Crippen molar-refractivity contribution in [3.63, 3.8) is 0 Å². The molecule has 0 aliphatic heterocycles. The molecule has 62 heavy (non-hydrogen) atoms. The maximum Gasteiger partial charge on any atom is 0.145 e.